The molecule has 0 amide bonds. The van der Waals surface area contributed by atoms with Crippen LogP contribution in [0.15, 0.2) is 48.8 Å². The number of hydrogen-bond donors (Lipinski definition) is 2. The Morgan fingerprint density at radius 1 is 0.708 bits per heavy atom. The van der Waals surface area contributed by atoms with E-state index in [4.69, 9.17) is 0 Å². The van der Waals surface area contributed by atoms with Gasteiger partial charge in [-0.2, -0.15) is 0 Å². The Balaban J connectivity index is 0.00000144. The van der Waals surface area contributed by atoms with Crippen molar-refractivity contribution in [3.05, 3.63) is 59.9 Å². The molecule has 0 atom stereocenters. The van der Waals surface area contributed by atoms with E-state index in [2.05, 4.69) is 24.3 Å². The Morgan fingerprint density at radius 2 is 1.04 bits per heavy atom. The van der Waals surface area contributed by atoms with Crippen LogP contribution >= 0.6 is 0 Å². The van der Waals surface area contributed by atoms with Gasteiger partial charge in [-0.05, 0) is 0 Å². The van der Waals surface area contributed by atoms with E-state index in [0.29, 0.717) is 13.1 Å². The van der Waals surface area contributed by atoms with Crippen molar-refractivity contribution in [3.63, 3.8) is 0 Å². The van der Waals surface area contributed by atoms with E-state index in [1.807, 2.05) is 35.9 Å². The lowest BCUT2D eigenvalue weighted by atomic mass is 10.1. The highest BCUT2D eigenvalue weighted by molar-refractivity contribution is 5.21. The van der Waals surface area contributed by atoms with Crippen molar-refractivity contribution < 1.29 is 53.5 Å². The third-order valence-electron chi connectivity index (χ3n) is 3.94. The van der Waals surface area contributed by atoms with Crippen LogP contribution in [0.5, 0.6) is 11.8 Å². The highest BCUT2D eigenvalue weighted by Crippen LogP contribution is 2.07. The summed E-state index contributed by atoms with van der Waals surface area (Å²) >= 11 is 0. The van der Waals surface area contributed by atoms with Crippen LogP contribution in [0.4, 0.5) is 0 Å². The maximum Gasteiger partial charge on any atom is 0.249 e. The average molecular weight is 460 g/mol. The zero-order valence-corrected chi connectivity index (χ0v) is 16.6. The summed E-state index contributed by atoms with van der Waals surface area (Å²) in [7, 11) is 3.64. The highest BCUT2D eigenvalue weighted by Gasteiger charge is 2.13. The molecule has 0 radical (unpaired) electrons. The fourth-order valence-corrected chi connectivity index (χ4v) is 2.43. The molecule has 3 rings (SSSR count). The minimum atomic E-state index is 0. The van der Waals surface area contributed by atoms with Gasteiger partial charge in [-0.1, -0.05) is 24.3 Å². The summed E-state index contributed by atoms with van der Waals surface area (Å²) in [6.45, 7) is 1.41. The molecule has 0 spiro atoms. The van der Waals surface area contributed by atoms with Crippen LogP contribution in [0.3, 0.4) is 0 Å². The Labute approximate surface area is 161 Å². The first-order valence-electron chi connectivity index (χ1n) is 7.11. The van der Waals surface area contributed by atoms with Gasteiger partial charge in [0.2, 0.25) is 11.8 Å². The molecule has 2 heterocycles. The van der Waals surface area contributed by atoms with E-state index in [1.54, 1.807) is 21.5 Å². The Morgan fingerprint density at radius 3 is 1.29 bits per heavy atom. The van der Waals surface area contributed by atoms with E-state index >= 15 is 0 Å². The van der Waals surface area contributed by atoms with Crippen LogP contribution < -0.4 is 43.3 Å². The second kappa shape index (κ2) is 8.34. The molecule has 0 fully saturated rings. The minimum Gasteiger partial charge on any atom is -1.00 e. The van der Waals surface area contributed by atoms with Crippen molar-refractivity contribution in [2.24, 2.45) is 14.1 Å². The molecule has 0 unspecified atom stereocenters. The predicted octanol–water partition coefficient (Wildman–Crippen LogP) is -5.55. The maximum atomic E-state index is 9.57. The predicted molar refractivity (Wildman–Crippen MR) is 79.2 cm³/mol. The van der Waals surface area contributed by atoms with Crippen LogP contribution in [0.25, 0.3) is 0 Å². The topological polar surface area (TPSA) is 58.1 Å². The fourth-order valence-electron chi connectivity index (χ4n) is 2.43. The van der Waals surface area contributed by atoms with Crippen LogP contribution in [0, 0.1) is 0 Å². The van der Waals surface area contributed by atoms with Gasteiger partial charge in [-0.15, -0.1) is 18.7 Å². The number of nitrogens with zero attached hydrogens (tertiary/aromatic N) is 4. The van der Waals surface area contributed by atoms with Gasteiger partial charge in [0.05, 0.1) is 26.2 Å². The van der Waals surface area contributed by atoms with E-state index in [-0.39, 0.29) is 45.7 Å². The molecule has 24 heavy (non-hydrogen) atoms. The normalized spacial score (nSPS) is 10.1. The molecule has 2 N–H and O–H groups in total. The van der Waals surface area contributed by atoms with Crippen molar-refractivity contribution in [2.75, 3.05) is 0 Å². The number of aromatic nitrogens is 4. The highest BCUT2D eigenvalue weighted by atomic mass is 79.9. The molecular formula is C16H20Br2N4O2. The first kappa shape index (κ1) is 20.2. The quantitative estimate of drug-likeness (QED) is 0.382. The Kier molecular flexibility index (Phi) is 7.04. The molecule has 0 aliphatic heterocycles. The number of aromatic hydroxyl groups is 2. The molecule has 8 heteroatoms. The molecular weight excluding hydrogens is 440 g/mol. The first-order chi connectivity index (χ1) is 10.5. The van der Waals surface area contributed by atoms with Gasteiger partial charge in [0.25, 0.3) is 0 Å². The lowest BCUT2D eigenvalue weighted by Crippen LogP contribution is -3.00. The summed E-state index contributed by atoms with van der Waals surface area (Å²) in [5.41, 5.74) is 2.32. The number of rotatable bonds is 4. The summed E-state index contributed by atoms with van der Waals surface area (Å²) in [5.74, 6) is 0.494. The smallest absolute Gasteiger partial charge is 0.249 e. The molecule has 1 aromatic carbocycles. The molecule has 6 nitrogen and oxygen atoms in total. The van der Waals surface area contributed by atoms with Gasteiger partial charge in [-0.25, -0.2) is 0 Å². The molecule has 3 aromatic rings. The molecule has 0 bridgehead atoms. The monoisotopic (exact) mass is 458 g/mol. The minimum absolute atomic E-state index is 0. The van der Waals surface area contributed by atoms with E-state index in [9.17, 15) is 10.2 Å². The number of benzene rings is 1. The fraction of sp³-hybridized carbons (Fsp3) is 0.250. The van der Waals surface area contributed by atoms with Crippen LogP contribution in [-0.2, 0) is 27.2 Å². The average Bonchev–Trinajstić information content (AvgIpc) is 3.00. The summed E-state index contributed by atoms with van der Waals surface area (Å²) in [5, 5.41) is 19.1. The van der Waals surface area contributed by atoms with Gasteiger partial charge in [0.15, 0.2) is 25.5 Å². The molecule has 0 aliphatic carbocycles. The third-order valence-corrected chi connectivity index (χ3v) is 3.94. The maximum absolute atomic E-state index is 9.57. The summed E-state index contributed by atoms with van der Waals surface area (Å²) in [6.07, 6.45) is 3.71. The Bertz CT molecular complexity index is 730. The molecule has 0 saturated carbocycles. The van der Waals surface area contributed by atoms with E-state index < -0.39 is 0 Å². The van der Waals surface area contributed by atoms with Crippen LogP contribution in [-0.4, -0.2) is 19.6 Å². The SMILES string of the molecule is Cn1c(O)cc[n+]1Cc1ccc(C[n+]2ccc(O)n2C)cc1.[Br-].[Br-]. The lowest BCUT2D eigenvalue weighted by Gasteiger charge is -2.01. The van der Waals surface area contributed by atoms with E-state index in [1.165, 1.54) is 0 Å². The molecule has 0 aliphatic rings. The van der Waals surface area contributed by atoms with Gasteiger partial charge in [0.1, 0.15) is 0 Å². The summed E-state index contributed by atoms with van der Waals surface area (Å²) in [4.78, 5) is 0. The largest absolute Gasteiger partial charge is 1.00 e. The van der Waals surface area contributed by atoms with Gasteiger partial charge in [0, 0.05) is 11.1 Å². The third kappa shape index (κ3) is 4.18. The van der Waals surface area contributed by atoms with Crippen LogP contribution in [0.1, 0.15) is 11.1 Å². The Hall–Kier alpha value is -1.80. The molecule has 0 saturated heterocycles. The van der Waals surface area contributed by atoms with Crippen molar-refractivity contribution >= 4 is 0 Å². The first-order valence-corrected chi connectivity index (χ1v) is 7.11. The zero-order chi connectivity index (χ0) is 15.7. The van der Waals surface area contributed by atoms with E-state index in [0.717, 1.165) is 11.1 Å². The van der Waals surface area contributed by atoms with Crippen molar-refractivity contribution in [2.45, 2.75) is 13.1 Å². The molecule has 130 valence electrons. The summed E-state index contributed by atoms with van der Waals surface area (Å²) < 4.78 is 7.29. The van der Waals surface area contributed by atoms with Gasteiger partial charge < -0.3 is 44.2 Å². The molecule has 2 aromatic heterocycles. The van der Waals surface area contributed by atoms with Crippen molar-refractivity contribution in [3.8, 4) is 11.8 Å². The second-order valence-electron chi connectivity index (χ2n) is 5.41. The second-order valence-corrected chi connectivity index (χ2v) is 5.41. The lowest BCUT2D eigenvalue weighted by molar-refractivity contribution is -0.766. The number of hydrogen-bond acceptors (Lipinski definition) is 2. The van der Waals surface area contributed by atoms with Gasteiger partial charge in [-0.3, -0.25) is 0 Å². The summed E-state index contributed by atoms with van der Waals surface area (Å²) in [6, 6.07) is 11.7. The van der Waals surface area contributed by atoms with Crippen molar-refractivity contribution in [1.82, 2.24) is 9.36 Å². The van der Waals surface area contributed by atoms with Gasteiger partial charge >= 0.3 is 0 Å². The van der Waals surface area contributed by atoms with Crippen molar-refractivity contribution in [1.29, 1.82) is 0 Å². The number of halogens is 2. The zero-order valence-electron chi connectivity index (χ0n) is 13.5. The standard InChI is InChI=1S/C16H18N4O2.2BrH/c1-17-15(21)7-9-19(17)11-13-3-5-14(6-4-13)12-20-10-8-16(22)18(20)2;;/h3-10H,11-12H2,1-2H3;2*1H. The van der Waals surface area contributed by atoms with Crippen LogP contribution in [0.2, 0.25) is 0 Å².